The third-order valence-electron chi connectivity index (χ3n) is 5.38. The van der Waals surface area contributed by atoms with Gasteiger partial charge in [-0.25, -0.2) is 8.42 Å². The molecule has 36 heavy (non-hydrogen) atoms. The van der Waals surface area contributed by atoms with Crippen LogP contribution in [-0.4, -0.2) is 67.0 Å². The number of esters is 1. The molecule has 2 aromatic carbocycles. The SMILES string of the molecule is CCOC(=O)Cn1c(=NC(=O)c2ccc(S(=O)(=O)N3CCOCC3)cc2)sc2cc([N+](=O)[O-])ccc21. The summed E-state index contributed by atoms with van der Waals surface area (Å²) in [6.45, 7) is 2.73. The van der Waals surface area contributed by atoms with Crippen LogP contribution in [0.4, 0.5) is 5.69 Å². The number of fused-ring (bicyclic) bond motifs is 1. The van der Waals surface area contributed by atoms with Gasteiger partial charge in [0, 0.05) is 30.8 Å². The van der Waals surface area contributed by atoms with Crippen LogP contribution in [0, 0.1) is 10.1 Å². The van der Waals surface area contributed by atoms with Crippen molar-refractivity contribution >= 4 is 49.1 Å². The van der Waals surface area contributed by atoms with E-state index in [1.54, 1.807) is 6.92 Å². The van der Waals surface area contributed by atoms with Crippen LogP contribution in [0.25, 0.3) is 10.2 Å². The second kappa shape index (κ2) is 10.7. The zero-order valence-corrected chi connectivity index (χ0v) is 20.8. The molecule has 4 rings (SSSR count). The van der Waals surface area contributed by atoms with Crippen LogP contribution in [0.15, 0.2) is 52.4 Å². The molecule has 1 amide bonds. The van der Waals surface area contributed by atoms with Crippen LogP contribution in [0.5, 0.6) is 0 Å². The summed E-state index contributed by atoms with van der Waals surface area (Å²) in [6.07, 6.45) is 0. The molecule has 14 heteroatoms. The number of nitro benzene ring substituents is 1. The van der Waals surface area contributed by atoms with Gasteiger partial charge in [-0.1, -0.05) is 11.3 Å². The molecule has 0 saturated carbocycles. The van der Waals surface area contributed by atoms with Crippen LogP contribution in [0.1, 0.15) is 17.3 Å². The van der Waals surface area contributed by atoms with Crippen LogP contribution in [0.3, 0.4) is 0 Å². The van der Waals surface area contributed by atoms with Crippen molar-refractivity contribution < 1.29 is 32.4 Å². The first kappa shape index (κ1) is 25.6. The third kappa shape index (κ3) is 5.36. The molecule has 0 aliphatic carbocycles. The van der Waals surface area contributed by atoms with Crippen LogP contribution in [-0.2, 0) is 30.8 Å². The number of benzene rings is 2. The number of sulfonamides is 1. The molecule has 1 saturated heterocycles. The molecule has 1 aromatic heterocycles. The largest absolute Gasteiger partial charge is 0.465 e. The zero-order chi connectivity index (χ0) is 25.9. The molecule has 3 aromatic rings. The summed E-state index contributed by atoms with van der Waals surface area (Å²) >= 11 is 1.01. The minimum Gasteiger partial charge on any atom is -0.465 e. The highest BCUT2D eigenvalue weighted by Crippen LogP contribution is 2.24. The maximum atomic E-state index is 12.9. The van der Waals surface area contributed by atoms with E-state index in [0.29, 0.717) is 23.4 Å². The summed E-state index contributed by atoms with van der Waals surface area (Å²) in [5, 5.41) is 11.2. The molecule has 1 aliphatic heterocycles. The molecular formula is C22H22N4O8S2. The molecule has 0 bridgehead atoms. The molecule has 2 heterocycles. The second-order valence-electron chi connectivity index (χ2n) is 7.64. The summed E-state index contributed by atoms with van der Waals surface area (Å²) in [7, 11) is -3.71. The average Bonchev–Trinajstić information content (AvgIpc) is 3.20. The van der Waals surface area contributed by atoms with E-state index in [1.807, 2.05) is 0 Å². The topological polar surface area (TPSA) is 150 Å². The normalized spacial score (nSPS) is 15.2. The number of ether oxygens (including phenoxy) is 2. The minimum atomic E-state index is -3.71. The molecule has 1 fully saturated rings. The molecular weight excluding hydrogens is 512 g/mol. The molecule has 0 atom stereocenters. The predicted octanol–water partition coefficient (Wildman–Crippen LogP) is 1.94. The van der Waals surface area contributed by atoms with Crippen molar-refractivity contribution in [1.82, 2.24) is 8.87 Å². The predicted molar refractivity (Wildman–Crippen MR) is 129 cm³/mol. The number of nitro groups is 1. The van der Waals surface area contributed by atoms with Crippen LogP contribution >= 0.6 is 11.3 Å². The fourth-order valence-electron chi connectivity index (χ4n) is 3.61. The fourth-order valence-corrected chi connectivity index (χ4v) is 6.08. The van der Waals surface area contributed by atoms with Crippen LogP contribution in [0.2, 0.25) is 0 Å². The number of carbonyl (C=O) groups is 2. The van der Waals surface area contributed by atoms with Crippen LogP contribution < -0.4 is 4.80 Å². The van der Waals surface area contributed by atoms with E-state index in [-0.39, 0.29) is 47.2 Å². The van der Waals surface area contributed by atoms with Gasteiger partial charge in [0.1, 0.15) is 6.54 Å². The number of morpholine rings is 1. The number of carbonyl (C=O) groups excluding carboxylic acids is 2. The van der Waals surface area contributed by atoms with Crippen molar-refractivity contribution in [2.75, 3.05) is 32.9 Å². The molecule has 1 aliphatic rings. The summed E-state index contributed by atoms with van der Waals surface area (Å²) < 4.78 is 39.1. The Kier molecular flexibility index (Phi) is 7.59. The molecule has 0 spiro atoms. The lowest BCUT2D eigenvalue weighted by atomic mass is 10.2. The summed E-state index contributed by atoms with van der Waals surface area (Å²) in [5.41, 5.74) is 0.487. The van der Waals surface area contributed by atoms with Crippen molar-refractivity contribution in [2.45, 2.75) is 18.4 Å². The summed E-state index contributed by atoms with van der Waals surface area (Å²) in [5.74, 6) is -1.22. The van der Waals surface area contributed by atoms with E-state index in [1.165, 1.54) is 51.3 Å². The summed E-state index contributed by atoms with van der Waals surface area (Å²) in [4.78, 5) is 40.0. The first-order valence-electron chi connectivity index (χ1n) is 10.9. The van der Waals surface area contributed by atoms with Gasteiger partial charge in [0.15, 0.2) is 4.80 Å². The fraction of sp³-hybridized carbons (Fsp3) is 0.318. The maximum absolute atomic E-state index is 12.9. The Morgan fingerprint density at radius 1 is 1.17 bits per heavy atom. The molecule has 0 radical (unpaired) electrons. The molecule has 0 unspecified atom stereocenters. The van der Waals surface area contributed by atoms with E-state index in [0.717, 1.165) is 11.3 Å². The lowest BCUT2D eigenvalue weighted by Gasteiger charge is -2.26. The average molecular weight is 535 g/mol. The minimum absolute atomic E-state index is 0.0486. The Hall–Kier alpha value is -3.46. The Morgan fingerprint density at radius 3 is 2.50 bits per heavy atom. The van der Waals surface area contributed by atoms with Crippen molar-refractivity contribution in [1.29, 1.82) is 0 Å². The number of aromatic nitrogens is 1. The lowest BCUT2D eigenvalue weighted by molar-refractivity contribution is -0.384. The van der Waals surface area contributed by atoms with Gasteiger partial charge in [-0.05, 0) is 37.3 Å². The Morgan fingerprint density at radius 2 is 1.86 bits per heavy atom. The van der Waals surface area contributed by atoms with Gasteiger partial charge < -0.3 is 14.0 Å². The number of nitrogens with zero attached hydrogens (tertiary/aromatic N) is 4. The molecule has 0 N–H and O–H groups in total. The first-order valence-corrected chi connectivity index (χ1v) is 13.2. The molecule has 12 nitrogen and oxygen atoms in total. The summed E-state index contributed by atoms with van der Waals surface area (Å²) in [6, 6.07) is 9.55. The van der Waals surface area contributed by atoms with E-state index in [9.17, 15) is 28.1 Å². The van der Waals surface area contributed by atoms with Gasteiger partial charge in [0.2, 0.25) is 10.0 Å². The maximum Gasteiger partial charge on any atom is 0.326 e. The number of rotatable bonds is 7. The zero-order valence-electron chi connectivity index (χ0n) is 19.2. The number of amides is 1. The van der Waals surface area contributed by atoms with Gasteiger partial charge in [-0.3, -0.25) is 19.7 Å². The molecule has 190 valence electrons. The van der Waals surface area contributed by atoms with Crippen molar-refractivity contribution in [3.8, 4) is 0 Å². The third-order valence-corrected chi connectivity index (χ3v) is 8.33. The Balaban J connectivity index is 1.68. The van der Waals surface area contributed by atoms with Crippen molar-refractivity contribution in [3.63, 3.8) is 0 Å². The van der Waals surface area contributed by atoms with Gasteiger partial charge in [0.05, 0.1) is 39.9 Å². The van der Waals surface area contributed by atoms with E-state index in [4.69, 9.17) is 9.47 Å². The van der Waals surface area contributed by atoms with Gasteiger partial charge in [-0.15, -0.1) is 0 Å². The van der Waals surface area contributed by atoms with Gasteiger partial charge >= 0.3 is 5.97 Å². The lowest BCUT2D eigenvalue weighted by Crippen LogP contribution is -2.40. The standard InChI is InChI=1S/C22H22N4O8S2/c1-2-34-20(27)14-25-18-8-5-16(26(29)30)13-19(18)35-22(25)23-21(28)15-3-6-17(7-4-15)36(31,32)24-9-11-33-12-10-24/h3-8,13H,2,9-12,14H2,1H3. The van der Waals surface area contributed by atoms with Gasteiger partial charge in [-0.2, -0.15) is 9.30 Å². The van der Waals surface area contributed by atoms with E-state index < -0.39 is 26.8 Å². The number of hydrogen-bond acceptors (Lipinski definition) is 9. The number of non-ortho nitro benzene ring substituents is 1. The Bertz CT molecular complexity index is 1490. The quantitative estimate of drug-likeness (QED) is 0.253. The smallest absolute Gasteiger partial charge is 0.326 e. The number of hydrogen-bond donors (Lipinski definition) is 0. The van der Waals surface area contributed by atoms with E-state index >= 15 is 0 Å². The highest BCUT2D eigenvalue weighted by molar-refractivity contribution is 7.89. The van der Waals surface area contributed by atoms with Crippen molar-refractivity contribution in [2.24, 2.45) is 4.99 Å². The number of thiazole rings is 1. The van der Waals surface area contributed by atoms with E-state index in [2.05, 4.69) is 4.99 Å². The Labute approximate surface area is 209 Å². The highest BCUT2D eigenvalue weighted by Gasteiger charge is 2.26. The van der Waals surface area contributed by atoms with Gasteiger partial charge in [0.25, 0.3) is 11.6 Å². The first-order chi connectivity index (χ1) is 17.2. The highest BCUT2D eigenvalue weighted by atomic mass is 32.2. The second-order valence-corrected chi connectivity index (χ2v) is 10.6. The monoisotopic (exact) mass is 534 g/mol. The van der Waals surface area contributed by atoms with Crippen molar-refractivity contribution in [3.05, 3.63) is 62.9 Å².